The van der Waals surface area contributed by atoms with Gasteiger partial charge in [0.05, 0.1) is 17.4 Å². The van der Waals surface area contributed by atoms with Crippen molar-refractivity contribution < 1.29 is 13.5 Å². The van der Waals surface area contributed by atoms with Crippen LogP contribution in [0.15, 0.2) is 46.2 Å². The van der Waals surface area contributed by atoms with Crippen LogP contribution < -0.4 is 11.1 Å². The molecule has 5 rings (SSSR count). The zero-order chi connectivity index (χ0) is 25.7. The Morgan fingerprint density at radius 2 is 1.81 bits per heavy atom. The number of ether oxygens (including phenoxy) is 1. The van der Waals surface area contributed by atoms with Crippen LogP contribution in [0.5, 0.6) is 0 Å². The first kappa shape index (κ1) is 24.3. The Balaban J connectivity index is 1.68. The highest BCUT2D eigenvalue weighted by Gasteiger charge is 2.29. The Hall–Kier alpha value is -3.43. The van der Waals surface area contributed by atoms with E-state index in [1.54, 1.807) is 39.4 Å². The van der Waals surface area contributed by atoms with Crippen molar-refractivity contribution >= 4 is 17.2 Å². The van der Waals surface area contributed by atoms with Crippen molar-refractivity contribution in [2.24, 2.45) is 7.05 Å². The lowest BCUT2D eigenvalue weighted by molar-refractivity contribution is 0.00422. The van der Waals surface area contributed by atoms with E-state index in [0.717, 1.165) is 17.7 Å². The smallest absolute Gasteiger partial charge is 0.261 e. The minimum absolute atomic E-state index is 0.0636. The van der Waals surface area contributed by atoms with E-state index in [1.165, 1.54) is 15.0 Å². The molecule has 1 saturated heterocycles. The van der Waals surface area contributed by atoms with Crippen LogP contribution in [0.4, 0.5) is 8.78 Å². The van der Waals surface area contributed by atoms with E-state index in [2.05, 4.69) is 9.97 Å². The lowest BCUT2D eigenvalue weighted by Crippen LogP contribution is -2.25. The number of rotatable bonds is 3. The Labute approximate surface area is 210 Å². The summed E-state index contributed by atoms with van der Waals surface area (Å²) in [7, 11) is 1.67. The summed E-state index contributed by atoms with van der Waals surface area (Å²) in [5, 5.41) is -0.0871. The predicted octanol–water partition coefficient (Wildman–Crippen LogP) is 4.64. The number of benzene rings is 1. The predicted molar refractivity (Wildman–Crippen MR) is 131 cm³/mol. The molecule has 0 spiro atoms. The third-order valence-corrected chi connectivity index (χ3v) is 6.94. The first-order valence-corrected chi connectivity index (χ1v) is 11.9. The number of hydrogen-bond acceptors (Lipinski definition) is 5. The van der Waals surface area contributed by atoms with Gasteiger partial charge in [-0.25, -0.2) is 18.7 Å². The third kappa shape index (κ3) is 4.22. The maximum Gasteiger partial charge on any atom is 0.261 e. The first-order chi connectivity index (χ1) is 17.1. The highest BCUT2D eigenvalue weighted by atomic mass is 35.5. The van der Waals surface area contributed by atoms with Gasteiger partial charge in [0.25, 0.3) is 5.56 Å². The molecule has 7 nitrogen and oxygen atoms in total. The van der Waals surface area contributed by atoms with Gasteiger partial charge in [-0.3, -0.25) is 14.0 Å². The molecular formula is C26H23ClF2N4O3. The van der Waals surface area contributed by atoms with E-state index < -0.39 is 17.2 Å². The maximum absolute atomic E-state index is 15.0. The number of hydrogen-bond donors (Lipinski definition) is 0. The third-order valence-electron chi connectivity index (χ3n) is 6.72. The average molecular weight is 513 g/mol. The fourth-order valence-corrected chi connectivity index (χ4v) is 4.78. The Morgan fingerprint density at radius 3 is 2.50 bits per heavy atom. The minimum atomic E-state index is -0.894. The molecule has 0 saturated carbocycles. The van der Waals surface area contributed by atoms with E-state index in [-0.39, 0.29) is 39.5 Å². The number of nitrogens with zero attached hydrogens (tertiary/aromatic N) is 4. The lowest BCUT2D eigenvalue weighted by atomic mass is 9.90. The summed E-state index contributed by atoms with van der Waals surface area (Å²) in [6.45, 7) is 3.74. The normalized spacial score (nSPS) is 18.1. The summed E-state index contributed by atoms with van der Waals surface area (Å²) in [6, 6.07) is 5.23. The molecule has 0 amide bonds. The van der Waals surface area contributed by atoms with Crippen LogP contribution in [-0.2, 0) is 11.8 Å². The molecule has 10 heteroatoms. The van der Waals surface area contributed by atoms with Crippen molar-refractivity contribution in [2.75, 3.05) is 6.61 Å². The number of aryl methyl sites for hydroxylation is 2. The fraction of sp³-hybridized carbons (Fsp3) is 0.308. The van der Waals surface area contributed by atoms with Crippen LogP contribution in [-0.4, -0.2) is 25.5 Å². The summed E-state index contributed by atoms with van der Waals surface area (Å²) in [5.74, 6) is -1.96. The van der Waals surface area contributed by atoms with Crippen LogP contribution in [0.2, 0.25) is 5.02 Å². The fourth-order valence-electron chi connectivity index (χ4n) is 4.59. The molecule has 4 aromatic rings. The van der Waals surface area contributed by atoms with Crippen molar-refractivity contribution in [2.45, 2.75) is 38.7 Å². The molecule has 1 aliphatic heterocycles. The van der Waals surface area contributed by atoms with Crippen LogP contribution in [0.1, 0.15) is 47.4 Å². The van der Waals surface area contributed by atoms with Gasteiger partial charge in [-0.05, 0) is 50.5 Å². The summed E-state index contributed by atoms with van der Waals surface area (Å²) < 4.78 is 38.8. The molecule has 1 aromatic carbocycles. The highest BCUT2D eigenvalue weighted by molar-refractivity contribution is 6.30. The molecule has 36 heavy (non-hydrogen) atoms. The summed E-state index contributed by atoms with van der Waals surface area (Å²) in [5.41, 5.74) is 1.36. The lowest BCUT2D eigenvalue weighted by Gasteiger charge is -2.30. The van der Waals surface area contributed by atoms with Crippen molar-refractivity contribution in [3.8, 4) is 11.3 Å². The SMILES string of the molecule is Cc1nc2c(-c3c(F)cc(Cl)cc3F)nc([C@H]3CCO[C@@H](c4ccc(=O)n(C)c4)C3)cn2c(=O)c1C. The van der Waals surface area contributed by atoms with Gasteiger partial charge in [0.1, 0.15) is 17.3 Å². The van der Waals surface area contributed by atoms with Gasteiger partial charge in [-0.15, -0.1) is 0 Å². The second-order valence-corrected chi connectivity index (χ2v) is 9.51. The number of halogens is 3. The quantitative estimate of drug-likeness (QED) is 0.399. The van der Waals surface area contributed by atoms with Crippen molar-refractivity contribution in [3.63, 3.8) is 0 Å². The van der Waals surface area contributed by atoms with Crippen LogP contribution in [0.25, 0.3) is 16.9 Å². The molecule has 0 N–H and O–H groups in total. The molecule has 1 aliphatic rings. The molecule has 0 bridgehead atoms. The maximum atomic E-state index is 15.0. The monoisotopic (exact) mass is 512 g/mol. The molecule has 0 radical (unpaired) electrons. The van der Waals surface area contributed by atoms with Gasteiger partial charge in [0.15, 0.2) is 5.65 Å². The number of aromatic nitrogens is 4. The van der Waals surface area contributed by atoms with Crippen LogP contribution in [0.3, 0.4) is 0 Å². The summed E-state index contributed by atoms with van der Waals surface area (Å²) in [4.78, 5) is 34.1. The molecular weight excluding hydrogens is 490 g/mol. The van der Waals surface area contributed by atoms with E-state index in [4.69, 9.17) is 16.3 Å². The molecule has 0 aliphatic carbocycles. The first-order valence-electron chi connectivity index (χ1n) is 11.5. The second-order valence-electron chi connectivity index (χ2n) is 9.07. The standard InChI is InChI=1S/C26H23ClF2N4O3/c1-13-14(2)30-25-24(23-18(28)9-17(27)10-19(23)29)31-20(12-33(25)26(13)35)15-6-7-36-21(8-15)16-4-5-22(34)32(3)11-16/h4-5,9-12,15,21H,6-8H2,1-3H3/t15-,21+/m0/s1. The van der Waals surface area contributed by atoms with Gasteiger partial charge in [0, 0.05) is 54.3 Å². The molecule has 0 unspecified atom stereocenters. The van der Waals surface area contributed by atoms with E-state index >= 15 is 8.78 Å². The summed E-state index contributed by atoms with van der Waals surface area (Å²) in [6.07, 6.45) is 4.12. The van der Waals surface area contributed by atoms with Gasteiger partial charge in [-0.1, -0.05) is 11.6 Å². The largest absolute Gasteiger partial charge is 0.373 e. The number of pyridine rings is 1. The van der Waals surface area contributed by atoms with Gasteiger partial charge < -0.3 is 9.30 Å². The van der Waals surface area contributed by atoms with Crippen LogP contribution in [0, 0.1) is 25.5 Å². The minimum Gasteiger partial charge on any atom is -0.373 e. The molecule has 186 valence electrons. The van der Waals surface area contributed by atoms with E-state index in [1.807, 2.05) is 0 Å². The Bertz CT molecular complexity index is 1610. The molecule has 1 fully saturated rings. The summed E-state index contributed by atoms with van der Waals surface area (Å²) >= 11 is 5.84. The van der Waals surface area contributed by atoms with Crippen molar-refractivity contribution in [1.29, 1.82) is 0 Å². The van der Waals surface area contributed by atoms with Crippen molar-refractivity contribution in [1.82, 2.24) is 18.9 Å². The Kier molecular flexibility index (Phi) is 6.22. The number of fused-ring (bicyclic) bond motifs is 1. The zero-order valence-corrected chi connectivity index (χ0v) is 20.6. The molecule has 2 atom stereocenters. The molecule has 4 heterocycles. The Morgan fingerprint density at radius 1 is 1.08 bits per heavy atom. The van der Waals surface area contributed by atoms with E-state index in [9.17, 15) is 9.59 Å². The van der Waals surface area contributed by atoms with Gasteiger partial charge in [-0.2, -0.15) is 0 Å². The highest BCUT2D eigenvalue weighted by Crippen LogP contribution is 2.38. The molecule has 3 aromatic heterocycles. The average Bonchev–Trinajstić information content (AvgIpc) is 2.84. The van der Waals surface area contributed by atoms with Crippen LogP contribution >= 0.6 is 11.6 Å². The second kappa shape index (κ2) is 9.22. The van der Waals surface area contributed by atoms with E-state index in [0.29, 0.717) is 36.4 Å². The van der Waals surface area contributed by atoms with Crippen molar-refractivity contribution in [3.05, 3.63) is 96.5 Å². The van der Waals surface area contributed by atoms with Gasteiger partial charge in [0.2, 0.25) is 5.56 Å². The zero-order valence-electron chi connectivity index (χ0n) is 19.9. The topological polar surface area (TPSA) is 78.5 Å². The van der Waals surface area contributed by atoms with Gasteiger partial charge >= 0.3 is 0 Å².